The van der Waals surface area contributed by atoms with Gasteiger partial charge in [0.05, 0.1) is 39.6 Å². The lowest BCUT2D eigenvalue weighted by Crippen LogP contribution is -2.36. The van der Waals surface area contributed by atoms with E-state index < -0.39 is 0 Å². The van der Waals surface area contributed by atoms with Crippen LogP contribution in [0.2, 0.25) is 0 Å². The van der Waals surface area contributed by atoms with Crippen LogP contribution in [-0.2, 0) is 38.1 Å². The van der Waals surface area contributed by atoms with E-state index in [-0.39, 0.29) is 50.1 Å². The molecule has 180 valence electrons. The highest BCUT2D eigenvalue weighted by Gasteiger charge is 2.03. The Bertz CT molecular complexity index is 519. The van der Waals surface area contributed by atoms with Crippen molar-refractivity contribution >= 4 is 23.6 Å². The Labute approximate surface area is 183 Å². The van der Waals surface area contributed by atoms with Gasteiger partial charge < -0.3 is 40.2 Å². The SMILES string of the molecule is CCC(=O)NCCNC(=O)COCCOCCNC(=O)COCCOCCNC(C)=O. The third-order valence-electron chi connectivity index (χ3n) is 3.49. The molecule has 0 aromatic carbocycles. The van der Waals surface area contributed by atoms with Gasteiger partial charge in [0.1, 0.15) is 13.2 Å². The molecule has 0 aliphatic carbocycles. The Balaban J connectivity index is 3.32. The summed E-state index contributed by atoms with van der Waals surface area (Å²) in [5.41, 5.74) is 0. The lowest BCUT2D eigenvalue weighted by Gasteiger charge is -2.09. The molecule has 0 aromatic heterocycles. The van der Waals surface area contributed by atoms with E-state index in [9.17, 15) is 19.2 Å². The summed E-state index contributed by atoms with van der Waals surface area (Å²) in [5, 5.41) is 10.5. The number of hydrogen-bond acceptors (Lipinski definition) is 8. The molecule has 0 aliphatic rings. The van der Waals surface area contributed by atoms with Crippen LogP contribution in [0.25, 0.3) is 0 Å². The minimum atomic E-state index is -0.267. The van der Waals surface area contributed by atoms with Crippen LogP contribution in [0.4, 0.5) is 0 Å². The molecule has 0 heterocycles. The molecule has 0 rings (SSSR count). The molecule has 0 atom stereocenters. The van der Waals surface area contributed by atoms with Crippen molar-refractivity contribution in [3.8, 4) is 0 Å². The topological polar surface area (TPSA) is 153 Å². The Hall–Kier alpha value is -2.28. The van der Waals surface area contributed by atoms with Crippen LogP contribution in [0, 0.1) is 0 Å². The molecule has 0 unspecified atom stereocenters. The first kappa shape index (κ1) is 28.7. The molecule has 4 amide bonds. The van der Waals surface area contributed by atoms with Gasteiger partial charge in [0.15, 0.2) is 0 Å². The van der Waals surface area contributed by atoms with Gasteiger partial charge in [-0.2, -0.15) is 0 Å². The van der Waals surface area contributed by atoms with Gasteiger partial charge in [-0.05, 0) is 0 Å². The monoisotopic (exact) mass is 448 g/mol. The van der Waals surface area contributed by atoms with Crippen LogP contribution in [-0.4, -0.2) is 103 Å². The molecule has 12 heteroatoms. The smallest absolute Gasteiger partial charge is 0.246 e. The predicted molar refractivity (Wildman–Crippen MR) is 111 cm³/mol. The van der Waals surface area contributed by atoms with Gasteiger partial charge in [0, 0.05) is 39.5 Å². The van der Waals surface area contributed by atoms with Gasteiger partial charge in [-0.1, -0.05) is 6.92 Å². The lowest BCUT2D eigenvalue weighted by atomic mass is 10.4. The fraction of sp³-hybridized carbons (Fsp3) is 0.789. The van der Waals surface area contributed by atoms with E-state index in [1.54, 1.807) is 6.92 Å². The van der Waals surface area contributed by atoms with Crippen molar-refractivity contribution in [1.29, 1.82) is 0 Å². The second kappa shape index (κ2) is 21.0. The summed E-state index contributed by atoms with van der Waals surface area (Å²) in [6.07, 6.45) is 0.410. The summed E-state index contributed by atoms with van der Waals surface area (Å²) in [7, 11) is 0. The number of carbonyl (C=O) groups excluding carboxylic acids is 4. The van der Waals surface area contributed by atoms with Gasteiger partial charge in [0.2, 0.25) is 23.6 Å². The summed E-state index contributed by atoms with van der Waals surface area (Å²) in [6.45, 7) is 6.38. The van der Waals surface area contributed by atoms with Crippen molar-refractivity contribution in [2.45, 2.75) is 20.3 Å². The van der Waals surface area contributed by atoms with Crippen molar-refractivity contribution in [2.24, 2.45) is 0 Å². The van der Waals surface area contributed by atoms with Crippen LogP contribution in [0.15, 0.2) is 0 Å². The maximum Gasteiger partial charge on any atom is 0.246 e. The minimum absolute atomic E-state index is 0.0624. The molecule has 0 aromatic rings. The molecule has 31 heavy (non-hydrogen) atoms. The maximum absolute atomic E-state index is 11.6. The van der Waals surface area contributed by atoms with Gasteiger partial charge in [0.25, 0.3) is 0 Å². The van der Waals surface area contributed by atoms with E-state index in [4.69, 9.17) is 18.9 Å². The van der Waals surface area contributed by atoms with Gasteiger partial charge >= 0.3 is 0 Å². The number of amides is 4. The second-order valence-electron chi connectivity index (χ2n) is 6.22. The molecule has 12 nitrogen and oxygen atoms in total. The zero-order chi connectivity index (χ0) is 23.2. The quantitative estimate of drug-likeness (QED) is 0.155. The van der Waals surface area contributed by atoms with E-state index in [1.165, 1.54) is 6.92 Å². The summed E-state index contributed by atoms with van der Waals surface area (Å²) in [6, 6.07) is 0. The van der Waals surface area contributed by atoms with Crippen LogP contribution in [0.1, 0.15) is 20.3 Å². The summed E-state index contributed by atoms with van der Waals surface area (Å²) >= 11 is 0. The molecular formula is C19H36N4O8. The van der Waals surface area contributed by atoms with Crippen molar-refractivity contribution in [2.75, 3.05) is 79.0 Å². The van der Waals surface area contributed by atoms with E-state index in [1.807, 2.05) is 0 Å². The number of ether oxygens (including phenoxy) is 4. The van der Waals surface area contributed by atoms with Crippen LogP contribution < -0.4 is 21.3 Å². The maximum atomic E-state index is 11.6. The molecule has 0 aliphatic heterocycles. The fourth-order valence-electron chi connectivity index (χ4n) is 1.96. The number of carbonyl (C=O) groups is 4. The Kier molecular flexibility index (Phi) is 19.4. The molecule has 4 N–H and O–H groups in total. The highest BCUT2D eigenvalue weighted by atomic mass is 16.5. The van der Waals surface area contributed by atoms with Crippen LogP contribution in [0.5, 0.6) is 0 Å². The molecular weight excluding hydrogens is 412 g/mol. The third kappa shape index (κ3) is 22.2. The zero-order valence-electron chi connectivity index (χ0n) is 18.5. The third-order valence-corrected chi connectivity index (χ3v) is 3.49. The average Bonchev–Trinajstić information content (AvgIpc) is 2.74. The Morgan fingerprint density at radius 1 is 0.548 bits per heavy atom. The first-order valence-corrected chi connectivity index (χ1v) is 10.3. The van der Waals surface area contributed by atoms with Gasteiger partial charge in [-0.15, -0.1) is 0 Å². The predicted octanol–water partition coefficient (Wildman–Crippen LogP) is -2.05. The Morgan fingerprint density at radius 2 is 0.968 bits per heavy atom. The van der Waals surface area contributed by atoms with Crippen molar-refractivity contribution in [3.63, 3.8) is 0 Å². The van der Waals surface area contributed by atoms with Crippen molar-refractivity contribution < 1.29 is 38.1 Å². The number of rotatable bonds is 20. The molecule has 0 fully saturated rings. The normalized spacial score (nSPS) is 10.4. The fourth-order valence-corrected chi connectivity index (χ4v) is 1.96. The average molecular weight is 449 g/mol. The van der Waals surface area contributed by atoms with Gasteiger partial charge in [-0.25, -0.2) is 0 Å². The summed E-state index contributed by atoms with van der Waals surface area (Å²) < 4.78 is 20.8. The van der Waals surface area contributed by atoms with E-state index in [0.29, 0.717) is 59.0 Å². The summed E-state index contributed by atoms with van der Waals surface area (Å²) in [4.78, 5) is 44.7. The first-order chi connectivity index (χ1) is 15.0. The molecule has 0 saturated carbocycles. The van der Waals surface area contributed by atoms with E-state index in [0.717, 1.165) is 0 Å². The first-order valence-electron chi connectivity index (χ1n) is 10.3. The number of hydrogen-bond donors (Lipinski definition) is 4. The molecule has 0 saturated heterocycles. The van der Waals surface area contributed by atoms with E-state index >= 15 is 0 Å². The summed E-state index contributed by atoms with van der Waals surface area (Å²) in [5.74, 6) is -0.698. The highest BCUT2D eigenvalue weighted by Crippen LogP contribution is 1.82. The molecule has 0 radical (unpaired) electrons. The van der Waals surface area contributed by atoms with Gasteiger partial charge in [-0.3, -0.25) is 19.2 Å². The highest BCUT2D eigenvalue weighted by molar-refractivity contribution is 5.78. The van der Waals surface area contributed by atoms with Crippen LogP contribution >= 0.6 is 0 Å². The van der Waals surface area contributed by atoms with E-state index in [2.05, 4.69) is 21.3 Å². The van der Waals surface area contributed by atoms with Crippen molar-refractivity contribution in [1.82, 2.24) is 21.3 Å². The standard InChI is InChI=1S/C19H36N4O8/c1-3-17(25)21-4-5-22-18(26)14-30-13-11-29-9-7-23-19(27)15-31-12-10-28-8-6-20-16(2)24/h3-15H2,1-2H3,(H,20,24)(H,21,25)(H,22,26)(H,23,27). The molecule has 0 spiro atoms. The molecule has 0 bridgehead atoms. The lowest BCUT2D eigenvalue weighted by molar-refractivity contribution is -0.127. The zero-order valence-corrected chi connectivity index (χ0v) is 18.5. The largest absolute Gasteiger partial charge is 0.377 e. The van der Waals surface area contributed by atoms with Crippen molar-refractivity contribution in [3.05, 3.63) is 0 Å². The minimum Gasteiger partial charge on any atom is -0.377 e. The number of nitrogens with one attached hydrogen (secondary N) is 4. The Morgan fingerprint density at radius 3 is 1.45 bits per heavy atom. The second-order valence-corrected chi connectivity index (χ2v) is 6.22. The van der Waals surface area contributed by atoms with Crippen LogP contribution in [0.3, 0.4) is 0 Å².